The van der Waals surface area contributed by atoms with E-state index in [1.165, 1.54) is 18.9 Å². The van der Waals surface area contributed by atoms with Crippen molar-refractivity contribution in [3.05, 3.63) is 76.0 Å². The van der Waals surface area contributed by atoms with E-state index < -0.39 is 0 Å². The first-order valence-electron chi connectivity index (χ1n) is 9.16. The van der Waals surface area contributed by atoms with E-state index in [1.54, 1.807) is 47.7 Å². The quantitative estimate of drug-likeness (QED) is 0.277. The number of hydrogen-bond acceptors (Lipinski definition) is 8. The summed E-state index contributed by atoms with van der Waals surface area (Å²) in [7, 11) is 1.37. The zero-order valence-electron chi connectivity index (χ0n) is 16.4. The predicted molar refractivity (Wildman–Crippen MR) is 121 cm³/mol. The van der Waals surface area contributed by atoms with E-state index >= 15 is 0 Å². The molecule has 10 heteroatoms. The molecule has 158 valence electrons. The summed E-state index contributed by atoms with van der Waals surface area (Å²) in [5.74, 6) is 1.64. The number of nitrogens with one attached hydrogen (secondary N) is 1. The molecule has 0 aliphatic carbocycles. The Bertz CT molecular complexity index is 1160. The fourth-order valence-electron chi connectivity index (χ4n) is 2.60. The highest BCUT2D eigenvalue weighted by atomic mass is 35.5. The first kappa shape index (κ1) is 21.4. The molecule has 31 heavy (non-hydrogen) atoms. The largest absolute Gasteiger partial charge is 0.486 e. The number of carbonyl (C=O) groups is 1. The third-order valence-corrected chi connectivity index (χ3v) is 6.23. The van der Waals surface area contributed by atoms with Crippen LogP contribution in [0.2, 0.25) is 5.02 Å². The Morgan fingerprint density at radius 3 is 2.65 bits per heavy atom. The van der Waals surface area contributed by atoms with Crippen molar-refractivity contribution in [1.29, 1.82) is 0 Å². The molecule has 0 aliphatic heterocycles. The fraction of sp³-hybridized carbons (Fsp3) is 0.143. The summed E-state index contributed by atoms with van der Waals surface area (Å²) in [6.07, 6.45) is 0. The van der Waals surface area contributed by atoms with E-state index in [1.807, 2.05) is 17.5 Å². The summed E-state index contributed by atoms with van der Waals surface area (Å²) in [6, 6.07) is 14.3. The van der Waals surface area contributed by atoms with Gasteiger partial charge in [-0.3, -0.25) is 5.10 Å². The average molecular weight is 473 g/mol. The van der Waals surface area contributed by atoms with E-state index in [-0.39, 0.29) is 12.6 Å². The Morgan fingerprint density at radius 1 is 1.13 bits per heavy atom. The van der Waals surface area contributed by atoms with Crippen molar-refractivity contribution in [2.45, 2.75) is 17.5 Å². The highest BCUT2D eigenvalue weighted by molar-refractivity contribution is 7.98. The monoisotopic (exact) mass is 472 g/mol. The van der Waals surface area contributed by atoms with Gasteiger partial charge in [0.2, 0.25) is 5.16 Å². The number of nitrogens with zero attached hydrogens (tertiary/aromatic N) is 3. The maximum atomic E-state index is 11.5. The van der Waals surface area contributed by atoms with Gasteiger partial charge in [-0.2, -0.15) is 0 Å². The van der Waals surface area contributed by atoms with Crippen molar-refractivity contribution < 1.29 is 14.3 Å². The summed E-state index contributed by atoms with van der Waals surface area (Å²) in [4.78, 5) is 20.6. The fourth-order valence-corrected chi connectivity index (χ4v) is 4.37. The van der Waals surface area contributed by atoms with E-state index in [2.05, 4.69) is 20.2 Å². The molecule has 0 fully saturated rings. The third-order valence-electron chi connectivity index (χ3n) is 4.15. The molecule has 0 bridgehead atoms. The highest BCUT2D eigenvalue weighted by Gasteiger charge is 2.10. The SMILES string of the molecule is COC(=O)c1ccc(-c2nc(CSc3n[nH]c(COc4ccc(Cl)cc4)n3)cs2)cc1. The van der Waals surface area contributed by atoms with Crippen LogP contribution in [0, 0.1) is 0 Å². The molecule has 1 N–H and O–H groups in total. The maximum absolute atomic E-state index is 11.5. The number of rotatable bonds is 8. The topological polar surface area (TPSA) is 90.0 Å². The van der Waals surface area contributed by atoms with Gasteiger partial charge in [-0.1, -0.05) is 35.5 Å². The van der Waals surface area contributed by atoms with Gasteiger partial charge in [-0.25, -0.2) is 14.8 Å². The number of thiazole rings is 1. The van der Waals surface area contributed by atoms with E-state index in [0.717, 1.165) is 16.3 Å². The lowest BCUT2D eigenvalue weighted by Crippen LogP contribution is -2.00. The summed E-state index contributed by atoms with van der Waals surface area (Å²) < 4.78 is 10.4. The van der Waals surface area contributed by atoms with Gasteiger partial charge in [-0.15, -0.1) is 16.4 Å². The number of methoxy groups -OCH3 is 1. The van der Waals surface area contributed by atoms with Crippen LogP contribution in [0.5, 0.6) is 5.75 Å². The molecule has 0 saturated carbocycles. The van der Waals surface area contributed by atoms with Crippen molar-refractivity contribution in [3.63, 3.8) is 0 Å². The molecule has 2 aromatic carbocycles. The summed E-state index contributed by atoms with van der Waals surface area (Å²) in [6.45, 7) is 0.289. The van der Waals surface area contributed by atoms with Crippen molar-refractivity contribution in [2.75, 3.05) is 7.11 Å². The Balaban J connectivity index is 1.30. The van der Waals surface area contributed by atoms with Crippen LogP contribution < -0.4 is 4.74 Å². The summed E-state index contributed by atoms with van der Waals surface area (Å²) >= 11 is 8.91. The zero-order chi connectivity index (χ0) is 21.6. The van der Waals surface area contributed by atoms with Gasteiger partial charge in [0.15, 0.2) is 5.82 Å². The zero-order valence-corrected chi connectivity index (χ0v) is 18.8. The third kappa shape index (κ3) is 5.63. The van der Waals surface area contributed by atoms with Gasteiger partial charge in [0.25, 0.3) is 0 Å². The van der Waals surface area contributed by atoms with Crippen molar-refractivity contribution in [1.82, 2.24) is 20.2 Å². The number of benzene rings is 2. The Hall–Kier alpha value is -2.88. The van der Waals surface area contributed by atoms with Crippen LogP contribution in [0.4, 0.5) is 0 Å². The number of H-pyrrole nitrogens is 1. The van der Waals surface area contributed by atoms with Gasteiger partial charge in [0.1, 0.15) is 17.4 Å². The number of ether oxygens (including phenoxy) is 2. The smallest absolute Gasteiger partial charge is 0.337 e. The molecule has 0 radical (unpaired) electrons. The minimum Gasteiger partial charge on any atom is -0.486 e. The minimum absolute atomic E-state index is 0.289. The van der Waals surface area contributed by atoms with Gasteiger partial charge >= 0.3 is 5.97 Å². The van der Waals surface area contributed by atoms with Crippen molar-refractivity contribution in [3.8, 4) is 16.3 Å². The molecule has 0 atom stereocenters. The number of hydrogen-bond donors (Lipinski definition) is 1. The molecule has 2 aromatic heterocycles. The number of aromatic amines is 1. The normalized spacial score (nSPS) is 10.8. The molecule has 2 heterocycles. The molecular weight excluding hydrogens is 456 g/mol. The highest BCUT2D eigenvalue weighted by Crippen LogP contribution is 2.27. The van der Waals surface area contributed by atoms with Gasteiger partial charge < -0.3 is 9.47 Å². The number of thioether (sulfide) groups is 1. The number of halogens is 1. The molecule has 4 aromatic rings. The molecule has 0 saturated heterocycles. The molecule has 7 nitrogen and oxygen atoms in total. The average Bonchev–Trinajstić information content (AvgIpc) is 3.46. The minimum atomic E-state index is -0.354. The van der Waals surface area contributed by atoms with Crippen LogP contribution >= 0.6 is 34.7 Å². The molecule has 4 rings (SSSR count). The first-order valence-corrected chi connectivity index (χ1v) is 11.4. The lowest BCUT2D eigenvalue weighted by molar-refractivity contribution is 0.0601. The van der Waals surface area contributed by atoms with Crippen LogP contribution in [0.1, 0.15) is 21.9 Å². The second kappa shape index (κ2) is 9.95. The van der Waals surface area contributed by atoms with Crippen molar-refractivity contribution >= 4 is 40.7 Å². The summed E-state index contributed by atoms with van der Waals surface area (Å²) in [5, 5.41) is 11.3. The number of carbonyl (C=O) groups excluding carboxylic acids is 1. The maximum Gasteiger partial charge on any atom is 0.337 e. The van der Waals surface area contributed by atoms with Crippen LogP contribution in [0.15, 0.2) is 59.1 Å². The predicted octanol–water partition coefficient (Wildman–Crippen LogP) is 5.24. The van der Waals surface area contributed by atoms with Crippen LogP contribution in [0.3, 0.4) is 0 Å². The van der Waals surface area contributed by atoms with E-state index in [9.17, 15) is 4.79 Å². The van der Waals surface area contributed by atoms with Crippen molar-refractivity contribution in [2.24, 2.45) is 0 Å². The summed E-state index contributed by atoms with van der Waals surface area (Å²) in [5.41, 5.74) is 2.40. The molecule has 0 amide bonds. The molecule has 0 spiro atoms. The Kier molecular flexibility index (Phi) is 6.86. The van der Waals surface area contributed by atoms with Gasteiger partial charge in [0.05, 0.1) is 18.4 Å². The number of esters is 1. The van der Waals surface area contributed by atoms with Gasteiger partial charge in [0, 0.05) is 21.7 Å². The van der Waals surface area contributed by atoms with Gasteiger partial charge in [-0.05, 0) is 36.4 Å². The molecule has 0 unspecified atom stereocenters. The van der Waals surface area contributed by atoms with Crippen LogP contribution in [-0.4, -0.2) is 33.2 Å². The second-order valence-electron chi connectivity index (χ2n) is 6.31. The standard InChI is InChI=1S/C21H17ClN4O3S2/c1-28-20(27)14-4-2-13(3-5-14)19-23-16(11-30-19)12-31-21-24-18(25-26-21)10-29-17-8-6-15(22)7-9-17/h2-9,11H,10,12H2,1H3,(H,24,25,26). The van der Waals surface area contributed by atoms with Crippen LogP contribution in [0.25, 0.3) is 10.6 Å². The second-order valence-corrected chi connectivity index (χ2v) is 8.55. The van der Waals surface area contributed by atoms with E-state index in [0.29, 0.717) is 33.1 Å². The molecule has 0 aliphatic rings. The van der Waals surface area contributed by atoms with E-state index in [4.69, 9.17) is 21.1 Å². The lowest BCUT2D eigenvalue weighted by atomic mass is 10.1. The Morgan fingerprint density at radius 2 is 1.90 bits per heavy atom. The lowest BCUT2D eigenvalue weighted by Gasteiger charge is -2.03. The Labute approximate surface area is 191 Å². The van der Waals surface area contributed by atoms with Crippen LogP contribution in [-0.2, 0) is 17.1 Å². The first-order chi connectivity index (χ1) is 15.1. The number of aromatic nitrogens is 4. The molecular formula is C21H17ClN4O3S2.